The lowest BCUT2D eigenvalue weighted by atomic mass is 9.89. The Labute approximate surface area is 214 Å². The van der Waals surface area contributed by atoms with Gasteiger partial charge in [-0.2, -0.15) is 26.3 Å². The summed E-state index contributed by atoms with van der Waals surface area (Å²) in [4.78, 5) is 23.7. The maximum absolute atomic E-state index is 14.2. The van der Waals surface area contributed by atoms with Gasteiger partial charge in [0.1, 0.15) is 6.54 Å². The molecule has 15 heteroatoms. The van der Waals surface area contributed by atoms with Gasteiger partial charge in [-0.3, -0.25) is 10.2 Å². The molecule has 1 atom stereocenters. The number of benzene rings is 2. The van der Waals surface area contributed by atoms with E-state index in [0.29, 0.717) is 23.1 Å². The first-order chi connectivity index (χ1) is 16.6. The largest absolute Gasteiger partial charge is 0.409 e. The summed E-state index contributed by atoms with van der Waals surface area (Å²) in [5, 5.41) is 1.60. The Hall–Kier alpha value is -2.64. The van der Waals surface area contributed by atoms with Gasteiger partial charge in [0, 0.05) is 22.0 Å². The van der Waals surface area contributed by atoms with Gasteiger partial charge in [0.2, 0.25) is 0 Å². The van der Waals surface area contributed by atoms with Crippen LogP contribution in [0.1, 0.15) is 33.5 Å². The van der Waals surface area contributed by atoms with Crippen molar-refractivity contribution < 1.29 is 35.9 Å². The Morgan fingerprint density at radius 2 is 1.67 bits per heavy atom. The monoisotopic (exact) mass is 572 g/mol. The minimum Gasteiger partial charge on any atom is -0.328 e. The number of hydrogen-bond acceptors (Lipinski definition) is 4. The van der Waals surface area contributed by atoms with Crippen molar-refractivity contribution in [2.24, 2.45) is 4.40 Å². The summed E-state index contributed by atoms with van der Waals surface area (Å²) in [6.45, 7) is -0.0953. The zero-order valence-corrected chi connectivity index (χ0v) is 20.4. The number of hydrogen-bond donors (Lipinski definition) is 3. The van der Waals surface area contributed by atoms with Crippen LogP contribution in [0.4, 0.5) is 31.1 Å². The number of aryl methyl sites for hydroxylation is 1. The van der Waals surface area contributed by atoms with E-state index in [1.54, 1.807) is 5.43 Å². The van der Waals surface area contributed by atoms with Crippen molar-refractivity contribution in [2.75, 3.05) is 6.54 Å². The van der Waals surface area contributed by atoms with Gasteiger partial charge in [-0.25, -0.2) is 14.6 Å². The summed E-state index contributed by atoms with van der Waals surface area (Å²) >= 11 is 12.2. The normalized spacial score (nSPS) is 18.0. The number of halogens is 8. The van der Waals surface area contributed by atoms with Crippen molar-refractivity contribution in [1.29, 1.82) is 0 Å². The van der Waals surface area contributed by atoms with Gasteiger partial charge in [0.05, 0.1) is 5.71 Å². The molecule has 3 N–H and O–H groups in total. The van der Waals surface area contributed by atoms with E-state index in [9.17, 15) is 35.9 Å². The van der Waals surface area contributed by atoms with Crippen LogP contribution >= 0.6 is 35.1 Å². The molecular weight excluding hydrogens is 557 g/mol. The van der Waals surface area contributed by atoms with Gasteiger partial charge in [-0.05, 0) is 65.9 Å². The highest BCUT2D eigenvalue weighted by Crippen LogP contribution is 2.57. The van der Waals surface area contributed by atoms with E-state index in [1.165, 1.54) is 48.6 Å². The van der Waals surface area contributed by atoms with E-state index in [4.69, 9.17) is 23.2 Å². The first kappa shape index (κ1) is 27.9. The maximum atomic E-state index is 14.2. The van der Waals surface area contributed by atoms with Crippen LogP contribution in [0.2, 0.25) is 10.0 Å². The summed E-state index contributed by atoms with van der Waals surface area (Å²) in [5.41, 5.74) is 4.38. The molecule has 2 aromatic carbocycles. The van der Waals surface area contributed by atoms with Gasteiger partial charge >= 0.3 is 18.4 Å². The van der Waals surface area contributed by atoms with Crippen LogP contribution < -0.4 is 16.2 Å². The van der Waals surface area contributed by atoms with E-state index in [0.717, 1.165) is 0 Å². The topological polar surface area (TPSA) is 82.6 Å². The number of carbonyl (C=O) groups is 2. The molecule has 1 unspecified atom stereocenters. The average Bonchev–Trinajstić information content (AvgIpc) is 3.22. The molecule has 1 heterocycles. The van der Waals surface area contributed by atoms with Gasteiger partial charge in [-0.1, -0.05) is 29.3 Å². The van der Waals surface area contributed by atoms with Crippen molar-refractivity contribution in [2.45, 2.75) is 30.4 Å². The van der Waals surface area contributed by atoms with Crippen molar-refractivity contribution in [1.82, 2.24) is 16.2 Å². The lowest BCUT2D eigenvalue weighted by Gasteiger charge is -2.30. The molecule has 0 bridgehead atoms. The molecule has 0 spiro atoms. The van der Waals surface area contributed by atoms with E-state index in [-0.39, 0.29) is 26.9 Å². The number of urea groups is 1. The lowest BCUT2D eigenvalue weighted by Crippen LogP contribution is -2.49. The summed E-state index contributed by atoms with van der Waals surface area (Å²) in [7, 11) is 0. The van der Waals surface area contributed by atoms with Crippen LogP contribution in [0, 0.1) is 6.92 Å². The third-order valence-corrected chi connectivity index (χ3v) is 6.73. The molecule has 6 nitrogen and oxygen atoms in total. The molecule has 36 heavy (non-hydrogen) atoms. The fraction of sp³-hybridized carbons (Fsp3) is 0.286. The van der Waals surface area contributed by atoms with Gasteiger partial charge < -0.3 is 5.32 Å². The fourth-order valence-corrected chi connectivity index (χ4v) is 4.84. The van der Waals surface area contributed by atoms with Crippen molar-refractivity contribution >= 4 is 52.8 Å². The molecule has 0 aromatic heterocycles. The number of amides is 3. The molecule has 0 radical (unpaired) electrons. The van der Waals surface area contributed by atoms with Crippen molar-refractivity contribution in [3.8, 4) is 0 Å². The summed E-state index contributed by atoms with van der Waals surface area (Å²) < 4.78 is 80.7. The second kappa shape index (κ2) is 10.4. The second-order valence-corrected chi connectivity index (χ2v) is 9.63. The second-order valence-electron chi connectivity index (χ2n) is 7.70. The molecular formula is C21H16Cl2F6N4O2S. The Morgan fingerprint density at radius 3 is 2.22 bits per heavy atom. The predicted octanol–water partition coefficient (Wildman–Crippen LogP) is 6.11. The molecule has 0 saturated heterocycles. The Morgan fingerprint density at radius 1 is 1.03 bits per heavy atom. The first-order valence-corrected chi connectivity index (χ1v) is 11.4. The molecule has 194 valence electrons. The van der Waals surface area contributed by atoms with Crippen molar-refractivity contribution in [3.63, 3.8) is 0 Å². The molecule has 1 aliphatic heterocycles. The zero-order valence-electron chi connectivity index (χ0n) is 18.1. The van der Waals surface area contributed by atoms with Crippen LogP contribution in [0.15, 0.2) is 40.8 Å². The summed E-state index contributed by atoms with van der Waals surface area (Å²) in [6.07, 6.45) is -9.86. The molecule has 1 aliphatic rings. The molecule has 0 aliphatic carbocycles. The highest BCUT2D eigenvalue weighted by Gasteiger charge is 2.60. The van der Waals surface area contributed by atoms with Crippen LogP contribution in [-0.4, -0.2) is 36.5 Å². The molecule has 0 fully saturated rings. The number of carbonyl (C=O) groups excluding carboxylic acids is 2. The Kier molecular flexibility index (Phi) is 8.06. The van der Waals surface area contributed by atoms with E-state index < -0.39 is 42.0 Å². The van der Waals surface area contributed by atoms with Crippen LogP contribution in [0.3, 0.4) is 0 Å². The zero-order chi connectivity index (χ0) is 26.9. The van der Waals surface area contributed by atoms with E-state index in [1.807, 2.05) is 5.43 Å². The number of nitrogens with one attached hydrogen (secondary N) is 3. The lowest BCUT2D eigenvalue weighted by molar-refractivity contribution is -0.159. The standard InChI is InChI=1S/C21H16Cl2F6N4O2S/c1-10-4-11(2-3-15(10)17(34)31-32-18(35)30-9-20(24,25)26)16-8-19(36-33-16,21(27,28)29)12-5-13(22)7-14(23)6-12/h2-7H,8-9H2,1H3,(H,31,34)(H2,30,32,35). The van der Waals surface area contributed by atoms with Crippen LogP contribution in [0.5, 0.6) is 0 Å². The highest BCUT2D eigenvalue weighted by atomic mass is 35.5. The molecule has 0 saturated carbocycles. The number of rotatable bonds is 4. The van der Waals surface area contributed by atoms with Gasteiger partial charge in [0.25, 0.3) is 5.91 Å². The third kappa shape index (κ3) is 6.37. The minimum atomic E-state index is -4.70. The van der Waals surface area contributed by atoms with Crippen LogP contribution in [0.25, 0.3) is 0 Å². The number of alkyl halides is 6. The molecule has 3 amide bonds. The summed E-state index contributed by atoms with van der Waals surface area (Å²) in [5.74, 6) is -0.845. The summed E-state index contributed by atoms with van der Waals surface area (Å²) in [6, 6.07) is 6.52. The van der Waals surface area contributed by atoms with Crippen LogP contribution in [-0.2, 0) is 4.75 Å². The minimum absolute atomic E-state index is 0.0322. The Bertz CT molecular complexity index is 1200. The average molecular weight is 573 g/mol. The number of hydrazine groups is 1. The van der Waals surface area contributed by atoms with Crippen molar-refractivity contribution in [3.05, 3.63) is 68.7 Å². The predicted molar refractivity (Wildman–Crippen MR) is 124 cm³/mol. The fourth-order valence-electron chi connectivity index (χ4n) is 3.35. The van der Waals surface area contributed by atoms with E-state index in [2.05, 4.69) is 4.40 Å². The van der Waals surface area contributed by atoms with Gasteiger partial charge in [0.15, 0.2) is 4.75 Å². The smallest absolute Gasteiger partial charge is 0.328 e. The molecule has 2 aromatic rings. The highest BCUT2D eigenvalue weighted by molar-refractivity contribution is 7.99. The quantitative estimate of drug-likeness (QED) is 0.235. The first-order valence-electron chi connectivity index (χ1n) is 9.91. The van der Waals surface area contributed by atoms with Gasteiger partial charge in [-0.15, -0.1) is 0 Å². The Balaban J connectivity index is 1.75. The van der Waals surface area contributed by atoms with E-state index >= 15 is 0 Å². The number of nitrogens with zero attached hydrogens (tertiary/aromatic N) is 1. The third-order valence-electron chi connectivity index (χ3n) is 5.06. The maximum Gasteiger partial charge on any atom is 0.409 e. The SMILES string of the molecule is Cc1cc(C2=NSC(c3cc(Cl)cc(Cl)c3)(C(F)(F)F)C2)ccc1C(=O)NNC(=O)NCC(F)(F)F. The molecule has 3 rings (SSSR count).